The minimum atomic E-state index is -3.67. The van der Waals surface area contributed by atoms with Crippen LogP contribution in [0.4, 0.5) is 4.39 Å². The molecule has 0 aliphatic heterocycles. The van der Waals surface area contributed by atoms with Gasteiger partial charge in [0.2, 0.25) is 10.0 Å². The molecule has 2 rings (SSSR count). The first-order chi connectivity index (χ1) is 10.3. The van der Waals surface area contributed by atoms with E-state index in [0.717, 1.165) is 0 Å². The molecular formula is C15H18FNO4S. The number of hydrogen-bond acceptors (Lipinski definition) is 4. The quantitative estimate of drug-likeness (QED) is 0.813. The van der Waals surface area contributed by atoms with Gasteiger partial charge < -0.3 is 9.52 Å². The second-order valence-electron chi connectivity index (χ2n) is 5.46. The van der Waals surface area contributed by atoms with Crippen molar-refractivity contribution in [3.8, 4) is 0 Å². The van der Waals surface area contributed by atoms with Crippen LogP contribution in [0.25, 0.3) is 0 Å². The van der Waals surface area contributed by atoms with Crippen LogP contribution in [0, 0.1) is 5.82 Å². The van der Waals surface area contributed by atoms with Crippen molar-refractivity contribution < 1.29 is 22.3 Å². The molecule has 120 valence electrons. The molecule has 1 heterocycles. The van der Waals surface area contributed by atoms with Gasteiger partial charge in [0.1, 0.15) is 11.6 Å². The standard InChI is InChI=1S/C15H18FNO4S/c1-15(18,9-14-6-3-7-21-14)11-17-22(19,20)10-12-4-2-5-13(16)8-12/h2-8,17-18H,9-11H2,1H3. The van der Waals surface area contributed by atoms with Gasteiger partial charge in [0, 0.05) is 13.0 Å². The van der Waals surface area contributed by atoms with Gasteiger partial charge in [-0.1, -0.05) is 12.1 Å². The maximum atomic E-state index is 13.1. The summed E-state index contributed by atoms with van der Waals surface area (Å²) in [5, 5.41) is 10.2. The van der Waals surface area contributed by atoms with E-state index in [2.05, 4.69) is 4.72 Å². The molecule has 2 N–H and O–H groups in total. The largest absolute Gasteiger partial charge is 0.469 e. The number of nitrogens with one attached hydrogen (secondary N) is 1. The van der Waals surface area contributed by atoms with Gasteiger partial charge in [0.25, 0.3) is 0 Å². The van der Waals surface area contributed by atoms with Crippen molar-refractivity contribution in [2.75, 3.05) is 6.54 Å². The number of aliphatic hydroxyl groups is 1. The maximum absolute atomic E-state index is 13.1. The summed E-state index contributed by atoms with van der Waals surface area (Å²) in [6.07, 6.45) is 1.67. The summed E-state index contributed by atoms with van der Waals surface area (Å²) < 4.78 is 44.5. The first kappa shape index (κ1) is 16.7. The van der Waals surface area contributed by atoms with Gasteiger partial charge in [-0.2, -0.15) is 0 Å². The number of hydrogen-bond donors (Lipinski definition) is 2. The molecule has 1 aromatic heterocycles. The molecule has 0 radical (unpaired) electrons. The zero-order valence-corrected chi connectivity index (χ0v) is 12.9. The van der Waals surface area contributed by atoms with E-state index in [1.54, 1.807) is 12.1 Å². The van der Waals surface area contributed by atoms with Crippen LogP contribution in [-0.4, -0.2) is 25.7 Å². The first-order valence-electron chi connectivity index (χ1n) is 6.72. The van der Waals surface area contributed by atoms with Gasteiger partial charge in [-0.25, -0.2) is 17.5 Å². The van der Waals surface area contributed by atoms with Crippen LogP contribution >= 0.6 is 0 Å². The average Bonchev–Trinajstić information content (AvgIpc) is 2.88. The lowest BCUT2D eigenvalue weighted by Crippen LogP contribution is -2.42. The van der Waals surface area contributed by atoms with Crippen LogP contribution in [0.5, 0.6) is 0 Å². The molecule has 0 spiro atoms. The van der Waals surface area contributed by atoms with Crippen LogP contribution < -0.4 is 4.72 Å². The van der Waals surface area contributed by atoms with Crippen molar-refractivity contribution in [2.45, 2.75) is 24.7 Å². The van der Waals surface area contributed by atoms with Gasteiger partial charge >= 0.3 is 0 Å². The number of rotatable bonds is 7. The fourth-order valence-electron chi connectivity index (χ4n) is 2.01. The highest BCUT2D eigenvalue weighted by molar-refractivity contribution is 7.88. The Morgan fingerprint density at radius 1 is 1.32 bits per heavy atom. The third kappa shape index (κ3) is 5.25. The Morgan fingerprint density at radius 2 is 2.09 bits per heavy atom. The van der Waals surface area contributed by atoms with Gasteiger partial charge in [-0.3, -0.25) is 0 Å². The molecule has 0 aliphatic carbocycles. The van der Waals surface area contributed by atoms with Gasteiger partial charge in [-0.15, -0.1) is 0 Å². The molecule has 2 aromatic rings. The summed E-state index contributed by atoms with van der Waals surface area (Å²) in [5.74, 6) is -0.270. The molecule has 22 heavy (non-hydrogen) atoms. The minimum absolute atomic E-state index is 0.161. The lowest BCUT2D eigenvalue weighted by Gasteiger charge is -2.22. The van der Waals surface area contributed by atoms with E-state index in [9.17, 15) is 17.9 Å². The van der Waals surface area contributed by atoms with Crippen LogP contribution in [0.15, 0.2) is 47.1 Å². The highest BCUT2D eigenvalue weighted by atomic mass is 32.2. The molecule has 0 saturated carbocycles. The molecule has 0 amide bonds. The van der Waals surface area contributed by atoms with Crippen molar-refractivity contribution in [3.63, 3.8) is 0 Å². The summed E-state index contributed by atoms with van der Waals surface area (Å²) in [4.78, 5) is 0. The van der Waals surface area contributed by atoms with Crippen molar-refractivity contribution in [1.82, 2.24) is 4.72 Å². The molecule has 5 nitrogen and oxygen atoms in total. The summed E-state index contributed by atoms with van der Waals surface area (Å²) in [5.41, 5.74) is -0.939. The minimum Gasteiger partial charge on any atom is -0.469 e. The Balaban J connectivity index is 1.94. The van der Waals surface area contributed by atoms with Crippen LogP contribution in [0.1, 0.15) is 18.2 Å². The van der Waals surface area contributed by atoms with Crippen LogP contribution in [0.3, 0.4) is 0 Å². The number of furan rings is 1. The highest BCUT2D eigenvalue weighted by Gasteiger charge is 2.25. The van der Waals surface area contributed by atoms with Crippen molar-refractivity contribution in [2.24, 2.45) is 0 Å². The molecule has 1 atom stereocenters. The predicted octanol–water partition coefficient (Wildman–Crippen LogP) is 1.83. The molecule has 1 aromatic carbocycles. The van der Waals surface area contributed by atoms with E-state index in [-0.39, 0.29) is 18.7 Å². The normalized spacial score (nSPS) is 14.7. The van der Waals surface area contributed by atoms with E-state index in [1.165, 1.54) is 37.5 Å². The average molecular weight is 327 g/mol. The van der Waals surface area contributed by atoms with Gasteiger partial charge in [0.15, 0.2) is 0 Å². The van der Waals surface area contributed by atoms with Crippen LogP contribution in [0.2, 0.25) is 0 Å². The molecule has 0 bridgehead atoms. The molecule has 0 saturated heterocycles. The van der Waals surface area contributed by atoms with Gasteiger partial charge in [-0.05, 0) is 36.8 Å². The third-order valence-corrected chi connectivity index (χ3v) is 4.35. The molecule has 1 unspecified atom stereocenters. The van der Waals surface area contributed by atoms with Crippen LogP contribution in [-0.2, 0) is 22.2 Å². The SMILES string of the molecule is CC(O)(CNS(=O)(=O)Cc1cccc(F)c1)Cc1ccco1. The second-order valence-corrected chi connectivity index (χ2v) is 7.27. The van der Waals surface area contributed by atoms with E-state index < -0.39 is 21.4 Å². The van der Waals surface area contributed by atoms with Crippen molar-refractivity contribution >= 4 is 10.0 Å². The molecule has 7 heteroatoms. The summed E-state index contributed by atoms with van der Waals surface area (Å²) in [6.45, 7) is 1.35. The maximum Gasteiger partial charge on any atom is 0.215 e. The van der Waals surface area contributed by atoms with E-state index in [4.69, 9.17) is 4.42 Å². The second kappa shape index (κ2) is 6.60. The summed E-state index contributed by atoms with van der Waals surface area (Å²) >= 11 is 0. The zero-order valence-electron chi connectivity index (χ0n) is 12.1. The Morgan fingerprint density at radius 3 is 2.73 bits per heavy atom. The Bertz CT molecular complexity index is 711. The molecular weight excluding hydrogens is 309 g/mol. The topological polar surface area (TPSA) is 79.5 Å². The number of benzene rings is 1. The predicted molar refractivity (Wildman–Crippen MR) is 80.1 cm³/mol. The fraction of sp³-hybridized carbons (Fsp3) is 0.333. The molecule has 0 fully saturated rings. The number of sulfonamides is 1. The van der Waals surface area contributed by atoms with Crippen molar-refractivity contribution in [3.05, 3.63) is 59.8 Å². The first-order valence-corrected chi connectivity index (χ1v) is 8.38. The van der Waals surface area contributed by atoms with E-state index in [1.807, 2.05) is 0 Å². The fourth-order valence-corrected chi connectivity index (χ4v) is 3.26. The van der Waals surface area contributed by atoms with Gasteiger partial charge in [0.05, 0.1) is 17.6 Å². The lowest BCUT2D eigenvalue weighted by molar-refractivity contribution is 0.0603. The van der Waals surface area contributed by atoms with Crippen molar-refractivity contribution in [1.29, 1.82) is 0 Å². The lowest BCUT2D eigenvalue weighted by atomic mass is 10.0. The zero-order chi connectivity index (χ0) is 16.2. The third-order valence-electron chi connectivity index (χ3n) is 3.05. The Kier molecular flexibility index (Phi) is 5.00. The Labute approximate surface area is 128 Å². The smallest absolute Gasteiger partial charge is 0.215 e. The Hall–Kier alpha value is -1.70. The van der Waals surface area contributed by atoms with E-state index in [0.29, 0.717) is 11.3 Å². The summed E-state index contributed by atoms with van der Waals surface area (Å²) in [7, 11) is -3.67. The highest BCUT2D eigenvalue weighted by Crippen LogP contribution is 2.14. The van der Waals surface area contributed by atoms with E-state index >= 15 is 0 Å². The number of halogens is 1. The summed E-state index contributed by atoms with van der Waals surface area (Å²) in [6, 6.07) is 8.80. The molecule has 0 aliphatic rings. The monoisotopic (exact) mass is 327 g/mol.